The SMILES string of the molecule is CC(C)(C)c1ccc2c(n1)N1C[C@@H](CC[C@H](c3cccc(C#N)n3)Nc3cccc(n3)S(=O)(=O)NC2=O)CC1(C)C.CC(C)(C)c1ccc2c(n1)N1C[C@@H](CC[C@H](c3cccc(CN)n3)Nc3cccc(n3)S(=O)(=O)NC2=O)CC1(C)C.[HH].[HH]. The number of aromatic nitrogens is 6. The highest BCUT2D eigenvalue weighted by Gasteiger charge is 2.44. The lowest BCUT2D eigenvalue weighted by Gasteiger charge is -2.34. The van der Waals surface area contributed by atoms with Gasteiger partial charge in [-0.3, -0.25) is 14.6 Å². The molecule has 8 bridgehead atoms. The van der Waals surface area contributed by atoms with Gasteiger partial charge in [0.2, 0.25) is 0 Å². The van der Waals surface area contributed by atoms with Crippen LogP contribution >= 0.6 is 0 Å². The van der Waals surface area contributed by atoms with Crippen molar-refractivity contribution < 1.29 is 29.3 Å². The quantitative estimate of drug-likeness (QED) is 0.110. The lowest BCUT2D eigenvalue weighted by molar-refractivity contribution is 0.0972. The van der Waals surface area contributed by atoms with E-state index in [4.69, 9.17) is 20.7 Å². The monoisotopic (exact) mass is 1150 g/mol. The molecule has 20 nitrogen and oxygen atoms in total. The summed E-state index contributed by atoms with van der Waals surface area (Å²) >= 11 is 0. The minimum absolute atomic E-state index is 0. The van der Waals surface area contributed by atoms with Crippen LogP contribution in [0.25, 0.3) is 0 Å². The molecule has 0 spiro atoms. The van der Waals surface area contributed by atoms with Crippen molar-refractivity contribution in [3.63, 3.8) is 0 Å². The fourth-order valence-electron chi connectivity index (χ4n) is 11.4. The van der Waals surface area contributed by atoms with Crippen molar-refractivity contribution in [1.82, 2.24) is 39.3 Å². The maximum absolute atomic E-state index is 13.6. The van der Waals surface area contributed by atoms with Crippen molar-refractivity contribution in [2.45, 2.75) is 158 Å². The summed E-state index contributed by atoms with van der Waals surface area (Å²) < 4.78 is 58.0. The number of nitriles is 1. The van der Waals surface area contributed by atoms with Crippen molar-refractivity contribution in [2.75, 3.05) is 33.5 Å². The van der Waals surface area contributed by atoms with Crippen LogP contribution in [0.5, 0.6) is 0 Å². The highest BCUT2D eigenvalue weighted by Crippen LogP contribution is 2.43. The number of carbonyl (C=O) groups excluding carboxylic acids is 2. The normalized spacial score (nSPS) is 22.0. The third kappa shape index (κ3) is 13.0. The second-order valence-electron chi connectivity index (χ2n) is 25.1. The number of rotatable bonds is 3. The van der Waals surface area contributed by atoms with Crippen LogP contribution in [0.15, 0.2) is 107 Å². The molecule has 0 unspecified atom stereocenters. The summed E-state index contributed by atoms with van der Waals surface area (Å²) in [5, 5.41) is 15.6. The Morgan fingerprint density at radius 1 is 0.585 bits per heavy atom. The van der Waals surface area contributed by atoms with Crippen LogP contribution in [0, 0.1) is 23.2 Å². The van der Waals surface area contributed by atoms with E-state index in [9.17, 15) is 31.7 Å². The van der Waals surface area contributed by atoms with Crippen LogP contribution in [0.2, 0.25) is 0 Å². The highest BCUT2D eigenvalue weighted by molar-refractivity contribution is 7.90. The van der Waals surface area contributed by atoms with Gasteiger partial charge in [0.25, 0.3) is 31.9 Å². The molecule has 10 rings (SSSR count). The first-order valence-corrected chi connectivity index (χ1v) is 30.7. The maximum Gasteiger partial charge on any atom is 0.281 e. The molecule has 22 heteroatoms. The number of fused-ring (bicyclic) bond motifs is 12. The number of carbonyl (C=O) groups is 2. The van der Waals surface area contributed by atoms with E-state index in [1.54, 1.807) is 60.7 Å². The summed E-state index contributed by atoms with van der Waals surface area (Å²) in [6.07, 6.45) is 4.88. The van der Waals surface area contributed by atoms with E-state index in [0.29, 0.717) is 66.6 Å². The molecule has 6 aromatic rings. The molecule has 4 atom stereocenters. The van der Waals surface area contributed by atoms with Crippen molar-refractivity contribution >= 4 is 55.1 Å². The number of anilines is 4. The Morgan fingerprint density at radius 3 is 1.44 bits per heavy atom. The van der Waals surface area contributed by atoms with Gasteiger partial charge in [0.05, 0.1) is 40.3 Å². The average Bonchev–Trinajstić information content (AvgIpc) is 3.98. The average molecular weight is 1160 g/mol. The second kappa shape index (κ2) is 22.6. The van der Waals surface area contributed by atoms with Gasteiger partial charge in [-0.1, -0.05) is 65.8 Å². The lowest BCUT2D eigenvalue weighted by atomic mass is 9.90. The standard InChI is InChI=1S/C30H39N7O3S.C30H35N7O3S.2H2/c2*1-29(2,3)24-15-13-21-27(34-24)37-18-19(16-30(37,4)5)12-14-23(22-9-6-8-20(17-31)32-22)33-25-10-7-11-26(35-25)41(39,40)36-28(21)38;;/h6-11,13,15,19,23H,12,14,16-18,31H2,1-5H3,(H,33,35)(H,36,38);6-11,13,15,19,23H,12,14,16,18H2,1-5H3,(H,33,35)(H,36,38);2*1H/t2*19-,23+;;/m00../s1. The largest absolute Gasteiger partial charge is 0.362 e. The molecule has 4 aliphatic rings. The Labute approximate surface area is 484 Å². The first-order chi connectivity index (χ1) is 38.5. The number of sulfonamides is 2. The first-order valence-electron chi connectivity index (χ1n) is 27.8. The molecule has 2 fully saturated rings. The molecule has 6 aromatic heterocycles. The minimum atomic E-state index is -4.30. The minimum Gasteiger partial charge on any atom is -0.362 e. The second-order valence-corrected chi connectivity index (χ2v) is 28.3. The molecule has 4 aliphatic heterocycles. The zero-order chi connectivity index (χ0) is 59.2. The fourth-order valence-corrected chi connectivity index (χ4v) is 13.3. The van der Waals surface area contributed by atoms with E-state index < -0.39 is 31.9 Å². The summed E-state index contributed by atoms with van der Waals surface area (Å²) in [6.45, 7) is 22.6. The van der Waals surface area contributed by atoms with Crippen LogP contribution in [0.1, 0.15) is 178 Å². The lowest BCUT2D eigenvalue weighted by Crippen LogP contribution is -2.41. The number of hydrogen-bond acceptors (Lipinski definition) is 18. The van der Waals surface area contributed by atoms with Gasteiger partial charge in [-0.05, 0) is 151 Å². The maximum atomic E-state index is 13.6. The van der Waals surface area contributed by atoms with E-state index in [0.717, 1.165) is 54.9 Å². The zero-order valence-electron chi connectivity index (χ0n) is 48.3. The van der Waals surface area contributed by atoms with Crippen molar-refractivity contribution in [3.8, 4) is 6.07 Å². The van der Waals surface area contributed by atoms with E-state index in [-0.39, 0.29) is 63.9 Å². The van der Waals surface area contributed by atoms with Crippen LogP contribution < -0.4 is 35.6 Å². The summed E-state index contributed by atoms with van der Waals surface area (Å²) in [5.41, 5.74) is 9.35. The van der Waals surface area contributed by atoms with Crippen LogP contribution in [-0.4, -0.2) is 82.7 Å². The predicted molar refractivity (Wildman–Crippen MR) is 319 cm³/mol. The molecule has 0 aromatic carbocycles. The summed E-state index contributed by atoms with van der Waals surface area (Å²) in [4.78, 5) is 59.3. The van der Waals surface area contributed by atoms with Gasteiger partial charge in [0, 0.05) is 55.8 Å². The topological polar surface area (TPSA) is 284 Å². The molecule has 6 N–H and O–H groups in total. The Morgan fingerprint density at radius 2 is 1.01 bits per heavy atom. The Balaban J connectivity index is 0.000000235. The van der Waals surface area contributed by atoms with Gasteiger partial charge in [-0.2, -0.15) is 22.1 Å². The molecular weight excluding hydrogens is 1080 g/mol. The smallest absolute Gasteiger partial charge is 0.281 e. The summed E-state index contributed by atoms with van der Waals surface area (Å²) in [5.74, 6) is 0.794. The number of amides is 2. The molecule has 10 heterocycles. The molecule has 2 saturated heterocycles. The molecule has 0 radical (unpaired) electrons. The summed E-state index contributed by atoms with van der Waals surface area (Å²) in [6, 6.07) is 28.9. The van der Waals surface area contributed by atoms with Crippen molar-refractivity contribution in [1.29, 1.82) is 5.26 Å². The third-order valence-electron chi connectivity index (χ3n) is 15.7. The Hall–Kier alpha value is -7.61. The van der Waals surface area contributed by atoms with E-state index in [1.165, 1.54) is 12.1 Å². The van der Waals surface area contributed by atoms with Crippen molar-refractivity contribution in [2.24, 2.45) is 17.6 Å². The highest BCUT2D eigenvalue weighted by atomic mass is 32.2. The van der Waals surface area contributed by atoms with Gasteiger partial charge in [0.1, 0.15) is 35.0 Å². The van der Waals surface area contributed by atoms with Gasteiger partial charge in [-0.15, -0.1) is 0 Å². The number of hydrogen-bond donors (Lipinski definition) is 5. The van der Waals surface area contributed by atoms with Gasteiger partial charge in [0.15, 0.2) is 10.1 Å². The Kier molecular flexibility index (Phi) is 16.3. The van der Waals surface area contributed by atoms with E-state index in [1.807, 2.05) is 24.3 Å². The molecule has 82 heavy (non-hydrogen) atoms. The molecule has 0 saturated carbocycles. The third-order valence-corrected chi connectivity index (χ3v) is 18.1. The van der Waals surface area contributed by atoms with Gasteiger partial charge in [-0.25, -0.2) is 34.4 Å². The van der Waals surface area contributed by atoms with Crippen molar-refractivity contribution in [3.05, 3.63) is 142 Å². The number of nitrogens with zero attached hydrogens (tertiary/aromatic N) is 9. The Bertz CT molecular complexity index is 3700. The molecule has 0 aliphatic carbocycles. The van der Waals surface area contributed by atoms with Crippen LogP contribution in [-0.2, 0) is 37.4 Å². The number of pyridine rings is 6. The van der Waals surface area contributed by atoms with E-state index in [2.05, 4.69) is 120 Å². The predicted octanol–water partition coefficient (Wildman–Crippen LogP) is 9.50. The summed E-state index contributed by atoms with van der Waals surface area (Å²) in [7, 11) is -8.57. The number of nitrogens with two attached hydrogens (primary N) is 1. The molecule has 436 valence electrons. The molecular formula is C60H78N14O6S2. The fraction of sp³-hybridized carbons (Fsp3) is 0.450. The molecule has 2 amide bonds. The first kappa shape index (κ1) is 59.0. The van der Waals surface area contributed by atoms with Crippen LogP contribution in [0.4, 0.5) is 23.3 Å². The van der Waals surface area contributed by atoms with Gasteiger partial charge >= 0.3 is 0 Å². The van der Waals surface area contributed by atoms with Gasteiger partial charge < -0.3 is 26.2 Å². The van der Waals surface area contributed by atoms with E-state index >= 15 is 0 Å². The zero-order valence-corrected chi connectivity index (χ0v) is 49.9. The number of nitrogens with one attached hydrogen (secondary N) is 4. The van der Waals surface area contributed by atoms with Crippen LogP contribution in [0.3, 0.4) is 0 Å².